The number of hydrogen-bond donors (Lipinski definition) is 2. The highest BCUT2D eigenvalue weighted by Crippen LogP contribution is 2.24. The summed E-state index contributed by atoms with van der Waals surface area (Å²) in [6.45, 7) is 4.73. The van der Waals surface area contributed by atoms with Gasteiger partial charge in [-0.1, -0.05) is 20.3 Å². The molecule has 102 valence electrons. The molecule has 0 aromatic carbocycles. The van der Waals surface area contributed by atoms with Gasteiger partial charge in [0.25, 0.3) is 5.91 Å². The van der Waals surface area contributed by atoms with E-state index in [4.69, 9.17) is 0 Å². The molecule has 2 aromatic heterocycles. The molecule has 4 nitrogen and oxygen atoms in total. The molecule has 0 atom stereocenters. The van der Waals surface area contributed by atoms with Gasteiger partial charge in [-0.25, -0.2) is 4.98 Å². The van der Waals surface area contributed by atoms with Gasteiger partial charge in [-0.15, -0.1) is 11.3 Å². The van der Waals surface area contributed by atoms with Gasteiger partial charge in [-0.3, -0.25) is 4.79 Å². The van der Waals surface area contributed by atoms with Crippen LogP contribution in [0.25, 0.3) is 0 Å². The molecule has 0 aliphatic rings. The van der Waals surface area contributed by atoms with E-state index in [1.807, 2.05) is 6.07 Å². The number of imidazole rings is 1. The van der Waals surface area contributed by atoms with Crippen molar-refractivity contribution in [2.45, 2.75) is 39.7 Å². The highest BCUT2D eigenvalue weighted by Gasteiger charge is 2.13. The summed E-state index contributed by atoms with van der Waals surface area (Å²) in [5.41, 5.74) is 1.30. The summed E-state index contributed by atoms with van der Waals surface area (Å²) in [4.78, 5) is 21.3. The van der Waals surface area contributed by atoms with Crippen LogP contribution in [0.2, 0.25) is 0 Å². The van der Waals surface area contributed by atoms with Crippen molar-refractivity contribution in [1.29, 1.82) is 0 Å². The van der Waals surface area contributed by atoms with Crippen LogP contribution in [0.15, 0.2) is 18.5 Å². The Labute approximate surface area is 117 Å². The lowest BCUT2D eigenvalue weighted by Gasteiger charge is -2.00. The standard InChI is InChI=1S/C14H19N3OS/c1-3-5-11-10(4-2)8-12(19-11)14(18)17-9-13-15-6-7-16-13/h6-8H,3-5,9H2,1-2H3,(H,15,16)(H,17,18). The maximum absolute atomic E-state index is 12.1. The number of nitrogens with zero attached hydrogens (tertiary/aromatic N) is 1. The highest BCUT2D eigenvalue weighted by molar-refractivity contribution is 7.14. The summed E-state index contributed by atoms with van der Waals surface area (Å²) in [5.74, 6) is 0.757. The van der Waals surface area contributed by atoms with Crippen LogP contribution in [-0.4, -0.2) is 15.9 Å². The van der Waals surface area contributed by atoms with Gasteiger partial charge < -0.3 is 10.3 Å². The zero-order valence-electron chi connectivity index (χ0n) is 11.3. The molecule has 0 fully saturated rings. The summed E-state index contributed by atoms with van der Waals surface area (Å²) >= 11 is 1.61. The van der Waals surface area contributed by atoms with E-state index in [0.717, 1.165) is 30.0 Å². The first-order chi connectivity index (χ1) is 9.24. The zero-order valence-corrected chi connectivity index (χ0v) is 12.1. The Morgan fingerprint density at radius 2 is 2.32 bits per heavy atom. The third-order valence-corrected chi connectivity index (χ3v) is 4.19. The molecule has 0 saturated heterocycles. The quantitative estimate of drug-likeness (QED) is 0.853. The second kappa shape index (κ2) is 6.52. The second-order valence-corrected chi connectivity index (χ2v) is 5.52. The number of aromatic amines is 1. The molecule has 0 saturated carbocycles. The fourth-order valence-corrected chi connectivity index (χ4v) is 3.23. The lowest BCUT2D eigenvalue weighted by atomic mass is 10.1. The van der Waals surface area contributed by atoms with Crippen LogP contribution in [0.3, 0.4) is 0 Å². The molecule has 2 rings (SSSR count). The molecule has 1 amide bonds. The van der Waals surface area contributed by atoms with Crippen molar-refractivity contribution in [3.8, 4) is 0 Å². The number of aryl methyl sites for hydroxylation is 2. The predicted octanol–water partition coefficient (Wildman–Crippen LogP) is 2.92. The molecule has 2 aromatic rings. The van der Waals surface area contributed by atoms with Crippen molar-refractivity contribution >= 4 is 17.2 Å². The zero-order chi connectivity index (χ0) is 13.7. The summed E-state index contributed by atoms with van der Waals surface area (Å²) in [6.07, 6.45) is 6.58. The number of aromatic nitrogens is 2. The van der Waals surface area contributed by atoms with Crippen molar-refractivity contribution in [1.82, 2.24) is 15.3 Å². The number of H-pyrrole nitrogens is 1. The van der Waals surface area contributed by atoms with E-state index < -0.39 is 0 Å². The lowest BCUT2D eigenvalue weighted by Crippen LogP contribution is -2.22. The largest absolute Gasteiger partial charge is 0.347 e. The minimum atomic E-state index is -0.0153. The normalized spacial score (nSPS) is 10.6. The first-order valence-electron chi connectivity index (χ1n) is 6.62. The molecule has 0 bridgehead atoms. The van der Waals surface area contributed by atoms with E-state index in [1.165, 1.54) is 10.4 Å². The molecular formula is C14H19N3OS. The number of amides is 1. The Bertz CT molecular complexity index is 531. The summed E-state index contributed by atoms with van der Waals surface area (Å²) in [5, 5.41) is 2.89. The van der Waals surface area contributed by atoms with Crippen LogP contribution in [-0.2, 0) is 19.4 Å². The maximum atomic E-state index is 12.1. The van der Waals surface area contributed by atoms with E-state index in [0.29, 0.717) is 6.54 Å². The van der Waals surface area contributed by atoms with E-state index in [-0.39, 0.29) is 5.91 Å². The van der Waals surface area contributed by atoms with Crippen LogP contribution >= 0.6 is 11.3 Å². The highest BCUT2D eigenvalue weighted by atomic mass is 32.1. The number of carbonyl (C=O) groups is 1. The monoisotopic (exact) mass is 277 g/mol. The van der Waals surface area contributed by atoms with Crippen molar-refractivity contribution in [3.05, 3.63) is 39.6 Å². The number of rotatable bonds is 6. The summed E-state index contributed by atoms with van der Waals surface area (Å²) < 4.78 is 0. The van der Waals surface area contributed by atoms with Crippen molar-refractivity contribution < 1.29 is 4.79 Å². The Balaban J connectivity index is 2.02. The number of thiophene rings is 1. The first kappa shape index (κ1) is 13.8. The van der Waals surface area contributed by atoms with Crippen LogP contribution < -0.4 is 5.32 Å². The minimum absolute atomic E-state index is 0.0153. The first-order valence-corrected chi connectivity index (χ1v) is 7.44. The summed E-state index contributed by atoms with van der Waals surface area (Å²) in [6, 6.07) is 2.02. The fourth-order valence-electron chi connectivity index (χ4n) is 1.96. The molecule has 0 aliphatic carbocycles. The molecule has 0 spiro atoms. The number of nitrogens with one attached hydrogen (secondary N) is 2. The van der Waals surface area contributed by atoms with Crippen molar-refractivity contribution in [2.75, 3.05) is 0 Å². The third kappa shape index (κ3) is 3.44. The molecule has 0 radical (unpaired) electrons. The summed E-state index contributed by atoms with van der Waals surface area (Å²) in [7, 11) is 0. The molecule has 2 heterocycles. The van der Waals surface area contributed by atoms with Gasteiger partial charge in [0.1, 0.15) is 5.82 Å². The second-order valence-electron chi connectivity index (χ2n) is 4.38. The van der Waals surface area contributed by atoms with Gasteiger partial charge in [0.15, 0.2) is 0 Å². The van der Waals surface area contributed by atoms with Gasteiger partial charge in [0.05, 0.1) is 11.4 Å². The Kier molecular flexibility index (Phi) is 4.74. The van der Waals surface area contributed by atoms with Crippen molar-refractivity contribution in [2.24, 2.45) is 0 Å². The number of hydrogen-bond acceptors (Lipinski definition) is 3. The van der Waals surface area contributed by atoms with E-state index in [2.05, 4.69) is 29.1 Å². The van der Waals surface area contributed by atoms with E-state index in [1.54, 1.807) is 23.7 Å². The Morgan fingerprint density at radius 3 is 2.95 bits per heavy atom. The van der Waals surface area contributed by atoms with E-state index in [9.17, 15) is 4.79 Å². The van der Waals surface area contributed by atoms with Crippen LogP contribution in [0, 0.1) is 0 Å². The van der Waals surface area contributed by atoms with Gasteiger partial charge >= 0.3 is 0 Å². The molecule has 5 heteroatoms. The van der Waals surface area contributed by atoms with Gasteiger partial charge in [-0.05, 0) is 24.5 Å². The number of carbonyl (C=O) groups excluding carboxylic acids is 1. The average Bonchev–Trinajstić information content (AvgIpc) is 3.05. The fraction of sp³-hybridized carbons (Fsp3) is 0.429. The topological polar surface area (TPSA) is 57.8 Å². The minimum Gasteiger partial charge on any atom is -0.347 e. The average molecular weight is 277 g/mol. The molecule has 2 N–H and O–H groups in total. The lowest BCUT2D eigenvalue weighted by molar-refractivity contribution is 0.0954. The van der Waals surface area contributed by atoms with Crippen LogP contribution in [0.5, 0.6) is 0 Å². The SMILES string of the molecule is CCCc1sc(C(=O)NCc2ncc[nH]2)cc1CC. The Hall–Kier alpha value is -1.62. The van der Waals surface area contributed by atoms with Crippen molar-refractivity contribution in [3.63, 3.8) is 0 Å². The Morgan fingerprint density at radius 1 is 1.47 bits per heavy atom. The molecule has 0 aliphatic heterocycles. The van der Waals surface area contributed by atoms with Gasteiger partial charge in [0, 0.05) is 17.3 Å². The van der Waals surface area contributed by atoms with Crippen LogP contribution in [0.1, 0.15) is 46.2 Å². The molecule has 19 heavy (non-hydrogen) atoms. The predicted molar refractivity (Wildman–Crippen MR) is 77.4 cm³/mol. The van der Waals surface area contributed by atoms with Crippen LogP contribution in [0.4, 0.5) is 0 Å². The third-order valence-electron chi connectivity index (χ3n) is 2.95. The van der Waals surface area contributed by atoms with E-state index >= 15 is 0 Å². The van der Waals surface area contributed by atoms with Gasteiger partial charge in [-0.2, -0.15) is 0 Å². The van der Waals surface area contributed by atoms with Gasteiger partial charge in [0.2, 0.25) is 0 Å². The maximum Gasteiger partial charge on any atom is 0.261 e. The molecular weight excluding hydrogens is 258 g/mol. The molecule has 0 unspecified atom stereocenters. The smallest absolute Gasteiger partial charge is 0.261 e.